The van der Waals surface area contributed by atoms with Crippen molar-refractivity contribution in [2.24, 2.45) is 0 Å². The second-order valence-corrected chi connectivity index (χ2v) is 9.74. The summed E-state index contributed by atoms with van der Waals surface area (Å²) < 4.78 is 93.7. The number of alkyl halides is 6. The molecule has 0 fully saturated rings. The molecule has 0 aliphatic rings. The van der Waals surface area contributed by atoms with Crippen LogP contribution in [0.15, 0.2) is 36.4 Å². The SMILES string of the molecule is Cc1cc(/C(F)=C/C(c2cc(Cl)c(Cl)c(Cl)c2)C(F)(F)F)ccc1C(=O)NC(C)CN(C)CC(F)(F)F. The van der Waals surface area contributed by atoms with E-state index in [1.807, 2.05) is 0 Å². The summed E-state index contributed by atoms with van der Waals surface area (Å²) in [5.74, 6) is -4.22. The number of rotatable bonds is 8. The van der Waals surface area contributed by atoms with Gasteiger partial charge >= 0.3 is 12.4 Å². The number of benzene rings is 2. The number of amides is 1. The molecule has 1 N–H and O–H groups in total. The maximum absolute atomic E-state index is 15.0. The number of carbonyl (C=O) groups excluding carboxylic acids is 1. The molecule has 0 bridgehead atoms. The number of hydrogen-bond donors (Lipinski definition) is 1. The largest absolute Gasteiger partial charge is 0.401 e. The minimum Gasteiger partial charge on any atom is -0.348 e. The van der Waals surface area contributed by atoms with Crippen LogP contribution in [0.4, 0.5) is 30.7 Å². The summed E-state index contributed by atoms with van der Waals surface area (Å²) in [5.41, 5.74) is -0.298. The van der Waals surface area contributed by atoms with Crippen LogP contribution in [0.5, 0.6) is 0 Å². The third kappa shape index (κ3) is 9.05. The molecule has 0 spiro atoms. The van der Waals surface area contributed by atoms with Crippen LogP contribution in [0.25, 0.3) is 5.83 Å². The molecule has 0 heterocycles. The molecule has 1 amide bonds. The molecule has 0 aromatic heterocycles. The highest BCUT2D eigenvalue weighted by Gasteiger charge is 2.40. The van der Waals surface area contributed by atoms with Gasteiger partial charge in [0.05, 0.1) is 21.6 Å². The second kappa shape index (κ2) is 12.2. The first-order valence-corrected chi connectivity index (χ1v) is 11.8. The van der Waals surface area contributed by atoms with E-state index in [1.165, 1.54) is 33.0 Å². The first-order valence-electron chi connectivity index (χ1n) is 10.6. The standard InChI is InChI=1S/C24H22Cl3F7N2O/c1-12-6-14(4-5-16(12)22(37)35-13(2)10-36(3)11-23(29,30)31)20(28)9-17(24(32,33)34)15-7-18(25)21(27)19(26)8-15/h4-9,13,17H,10-11H2,1-3H3,(H,35,37)/b20-9-. The lowest BCUT2D eigenvalue weighted by Gasteiger charge is -2.23. The van der Waals surface area contributed by atoms with Gasteiger partial charge in [0, 0.05) is 23.7 Å². The highest BCUT2D eigenvalue weighted by Crippen LogP contribution is 2.42. The third-order valence-electron chi connectivity index (χ3n) is 5.19. The van der Waals surface area contributed by atoms with E-state index < -0.39 is 48.2 Å². The van der Waals surface area contributed by atoms with Crippen LogP contribution < -0.4 is 5.32 Å². The quantitative estimate of drug-likeness (QED) is 0.247. The average Bonchev–Trinajstić information content (AvgIpc) is 2.72. The predicted molar refractivity (Wildman–Crippen MR) is 131 cm³/mol. The van der Waals surface area contributed by atoms with Crippen molar-refractivity contribution in [3.63, 3.8) is 0 Å². The Hall–Kier alpha value is -2.01. The van der Waals surface area contributed by atoms with Crippen LogP contribution in [-0.2, 0) is 0 Å². The van der Waals surface area contributed by atoms with Gasteiger partial charge in [-0.1, -0.05) is 40.9 Å². The van der Waals surface area contributed by atoms with Crippen molar-refractivity contribution >= 4 is 46.5 Å². The van der Waals surface area contributed by atoms with E-state index in [0.717, 1.165) is 23.1 Å². The first kappa shape index (κ1) is 31.2. The zero-order valence-corrected chi connectivity index (χ0v) is 21.9. The van der Waals surface area contributed by atoms with Crippen molar-refractivity contribution in [3.8, 4) is 0 Å². The number of halogens is 10. The fourth-order valence-electron chi connectivity index (χ4n) is 3.63. The van der Waals surface area contributed by atoms with Crippen molar-refractivity contribution < 1.29 is 35.5 Å². The molecule has 13 heteroatoms. The smallest absolute Gasteiger partial charge is 0.348 e. The normalized spacial score (nSPS) is 14.6. The van der Waals surface area contributed by atoms with Crippen LogP contribution in [0, 0.1) is 6.92 Å². The molecule has 0 saturated heterocycles. The number of aryl methyl sites for hydroxylation is 1. The number of nitrogens with one attached hydrogen (secondary N) is 1. The molecule has 2 rings (SSSR count). The molecule has 37 heavy (non-hydrogen) atoms. The fraction of sp³-hybridized carbons (Fsp3) is 0.375. The van der Waals surface area contributed by atoms with Crippen molar-refractivity contribution in [1.29, 1.82) is 0 Å². The Bertz CT molecular complexity index is 1140. The number of allylic oxidation sites excluding steroid dienone is 1. The number of carbonyl (C=O) groups is 1. The zero-order chi connectivity index (χ0) is 28.3. The molecule has 2 unspecified atom stereocenters. The maximum Gasteiger partial charge on any atom is 0.401 e. The second-order valence-electron chi connectivity index (χ2n) is 8.55. The van der Waals surface area contributed by atoms with Crippen LogP contribution in [-0.4, -0.2) is 49.3 Å². The summed E-state index contributed by atoms with van der Waals surface area (Å²) >= 11 is 17.5. The van der Waals surface area contributed by atoms with E-state index in [4.69, 9.17) is 34.8 Å². The fourth-order valence-corrected chi connectivity index (χ4v) is 4.24. The Morgan fingerprint density at radius 1 is 1.05 bits per heavy atom. The van der Waals surface area contributed by atoms with Crippen molar-refractivity contribution in [2.75, 3.05) is 20.1 Å². The van der Waals surface area contributed by atoms with Gasteiger partial charge in [-0.15, -0.1) is 0 Å². The minimum absolute atomic E-state index is 0.0860. The van der Waals surface area contributed by atoms with Gasteiger partial charge in [0.2, 0.25) is 0 Å². The molecular formula is C24H22Cl3F7N2O. The topological polar surface area (TPSA) is 32.3 Å². The van der Waals surface area contributed by atoms with E-state index in [-0.39, 0.29) is 38.3 Å². The van der Waals surface area contributed by atoms with Gasteiger partial charge in [0.1, 0.15) is 11.7 Å². The van der Waals surface area contributed by atoms with Crippen molar-refractivity contribution in [3.05, 3.63) is 73.7 Å². The lowest BCUT2D eigenvalue weighted by atomic mass is 9.95. The van der Waals surface area contributed by atoms with E-state index in [9.17, 15) is 35.5 Å². The van der Waals surface area contributed by atoms with Gasteiger partial charge in [-0.25, -0.2) is 4.39 Å². The number of likely N-dealkylation sites (N-methyl/N-ethyl adjacent to an activating group) is 1. The zero-order valence-electron chi connectivity index (χ0n) is 19.7. The Kier molecular flexibility index (Phi) is 10.3. The summed E-state index contributed by atoms with van der Waals surface area (Å²) in [6.45, 7) is 1.73. The molecular weight excluding hydrogens is 572 g/mol. The van der Waals surface area contributed by atoms with Gasteiger partial charge in [-0.05, 0) is 62.4 Å². The summed E-state index contributed by atoms with van der Waals surface area (Å²) in [6.07, 6.45) is -8.91. The van der Waals surface area contributed by atoms with Crippen LogP contribution in [0.1, 0.15) is 39.9 Å². The lowest BCUT2D eigenvalue weighted by molar-refractivity contribution is -0.143. The van der Waals surface area contributed by atoms with Crippen molar-refractivity contribution in [1.82, 2.24) is 10.2 Å². The Balaban J connectivity index is 2.25. The highest BCUT2D eigenvalue weighted by atomic mass is 35.5. The molecule has 2 atom stereocenters. The maximum atomic E-state index is 15.0. The Labute approximate surface area is 224 Å². The lowest BCUT2D eigenvalue weighted by Crippen LogP contribution is -2.43. The van der Waals surface area contributed by atoms with E-state index in [1.54, 1.807) is 0 Å². The molecule has 3 nitrogen and oxygen atoms in total. The third-order valence-corrected chi connectivity index (χ3v) is 6.39. The predicted octanol–water partition coefficient (Wildman–Crippen LogP) is 8.22. The summed E-state index contributed by atoms with van der Waals surface area (Å²) in [4.78, 5) is 13.6. The van der Waals surface area contributed by atoms with E-state index in [0.29, 0.717) is 6.08 Å². The molecule has 2 aromatic rings. The Morgan fingerprint density at radius 3 is 2.11 bits per heavy atom. The highest BCUT2D eigenvalue weighted by molar-refractivity contribution is 6.48. The van der Waals surface area contributed by atoms with Gasteiger partial charge in [-0.3, -0.25) is 9.69 Å². The van der Waals surface area contributed by atoms with Gasteiger partial charge in [0.15, 0.2) is 0 Å². The summed E-state index contributed by atoms with van der Waals surface area (Å²) in [7, 11) is 1.26. The van der Waals surface area contributed by atoms with Crippen molar-refractivity contribution in [2.45, 2.75) is 38.2 Å². The molecule has 0 aliphatic carbocycles. The van der Waals surface area contributed by atoms with Gasteiger partial charge in [0.25, 0.3) is 5.91 Å². The molecule has 0 saturated carbocycles. The average molecular weight is 594 g/mol. The van der Waals surface area contributed by atoms with E-state index in [2.05, 4.69) is 5.32 Å². The molecule has 2 aromatic carbocycles. The summed E-state index contributed by atoms with van der Waals surface area (Å²) in [6, 6.07) is 4.78. The minimum atomic E-state index is -4.89. The first-order chi connectivity index (χ1) is 16.9. The molecule has 204 valence electrons. The number of hydrogen-bond acceptors (Lipinski definition) is 2. The monoisotopic (exact) mass is 592 g/mol. The summed E-state index contributed by atoms with van der Waals surface area (Å²) in [5, 5.41) is 1.96. The van der Waals surface area contributed by atoms with Crippen LogP contribution >= 0.6 is 34.8 Å². The number of nitrogens with zero attached hydrogens (tertiary/aromatic N) is 1. The van der Waals surface area contributed by atoms with Gasteiger partial charge < -0.3 is 5.32 Å². The van der Waals surface area contributed by atoms with Crippen LogP contribution in [0.2, 0.25) is 15.1 Å². The molecule has 0 radical (unpaired) electrons. The van der Waals surface area contributed by atoms with Crippen LogP contribution in [0.3, 0.4) is 0 Å². The Morgan fingerprint density at radius 2 is 1.62 bits per heavy atom. The van der Waals surface area contributed by atoms with E-state index >= 15 is 0 Å². The van der Waals surface area contributed by atoms with Gasteiger partial charge in [-0.2, -0.15) is 26.3 Å². The molecule has 0 aliphatic heterocycles.